The minimum absolute atomic E-state index is 0.0188. The highest BCUT2D eigenvalue weighted by Gasteiger charge is 2.30. The van der Waals surface area contributed by atoms with E-state index in [4.69, 9.17) is 4.99 Å². The molecule has 140 valence electrons. The van der Waals surface area contributed by atoms with Crippen molar-refractivity contribution in [1.29, 1.82) is 0 Å². The molecule has 0 spiro atoms. The van der Waals surface area contributed by atoms with E-state index in [-0.39, 0.29) is 6.04 Å². The standard InChI is InChI=1S/C22H26N4S/c1-7-18-21-25-24-15(6)26(21)22-19(13(4)14(5)27-22)20(23-18)17-10-8-16(9-11-17)12(2)3/h8-12,18H,7H2,1-6H3/t18-/m0/s1. The van der Waals surface area contributed by atoms with Crippen molar-refractivity contribution < 1.29 is 0 Å². The molecule has 1 atom stereocenters. The van der Waals surface area contributed by atoms with E-state index in [1.54, 1.807) is 0 Å². The first kappa shape index (κ1) is 18.1. The number of aryl methyl sites for hydroxylation is 2. The van der Waals surface area contributed by atoms with Gasteiger partial charge >= 0.3 is 0 Å². The smallest absolute Gasteiger partial charge is 0.163 e. The number of thiophene rings is 1. The van der Waals surface area contributed by atoms with E-state index in [2.05, 4.69) is 73.6 Å². The van der Waals surface area contributed by atoms with Gasteiger partial charge in [0, 0.05) is 16.0 Å². The lowest BCUT2D eigenvalue weighted by atomic mass is 9.96. The van der Waals surface area contributed by atoms with Crippen LogP contribution in [0.5, 0.6) is 0 Å². The summed E-state index contributed by atoms with van der Waals surface area (Å²) in [5, 5.41) is 10.0. The van der Waals surface area contributed by atoms with Gasteiger partial charge in [0.2, 0.25) is 0 Å². The summed E-state index contributed by atoms with van der Waals surface area (Å²) < 4.78 is 2.22. The fourth-order valence-corrected chi connectivity index (χ4v) is 4.90. The zero-order valence-corrected chi connectivity index (χ0v) is 17.7. The molecule has 4 nitrogen and oxygen atoms in total. The van der Waals surface area contributed by atoms with Gasteiger partial charge in [-0.15, -0.1) is 21.5 Å². The van der Waals surface area contributed by atoms with E-state index in [0.29, 0.717) is 5.92 Å². The van der Waals surface area contributed by atoms with E-state index in [1.807, 2.05) is 18.3 Å². The molecule has 0 fully saturated rings. The summed E-state index contributed by atoms with van der Waals surface area (Å²) in [5.41, 5.74) is 6.15. The molecule has 1 aromatic carbocycles. The molecule has 2 aromatic heterocycles. The van der Waals surface area contributed by atoms with Crippen LogP contribution < -0.4 is 0 Å². The van der Waals surface area contributed by atoms with Gasteiger partial charge in [0.1, 0.15) is 16.9 Å². The maximum atomic E-state index is 5.21. The van der Waals surface area contributed by atoms with Crippen LogP contribution >= 0.6 is 11.3 Å². The van der Waals surface area contributed by atoms with Crippen molar-refractivity contribution in [3.8, 4) is 5.00 Å². The topological polar surface area (TPSA) is 43.1 Å². The monoisotopic (exact) mass is 378 g/mol. The summed E-state index contributed by atoms with van der Waals surface area (Å²) in [6.07, 6.45) is 0.901. The molecule has 0 aliphatic carbocycles. The third-order valence-corrected chi connectivity index (χ3v) is 6.67. The third kappa shape index (κ3) is 2.85. The molecule has 3 aromatic rings. The number of benzene rings is 1. The van der Waals surface area contributed by atoms with Crippen molar-refractivity contribution >= 4 is 17.0 Å². The second-order valence-corrected chi connectivity index (χ2v) is 8.79. The highest BCUT2D eigenvalue weighted by atomic mass is 32.1. The number of nitrogens with zero attached hydrogens (tertiary/aromatic N) is 4. The molecule has 0 radical (unpaired) electrons. The number of hydrogen-bond donors (Lipinski definition) is 0. The van der Waals surface area contributed by atoms with Crippen molar-refractivity contribution in [3.05, 3.63) is 63.0 Å². The summed E-state index contributed by atoms with van der Waals surface area (Å²) in [7, 11) is 0. The zero-order chi connectivity index (χ0) is 19.3. The SMILES string of the molecule is CC[C@@H]1N=C(c2ccc(C(C)C)cc2)c2c(sc(C)c2C)-n2c(C)nnc21. The van der Waals surface area contributed by atoms with E-state index in [1.165, 1.54) is 32.1 Å². The van der Waals surface area contributed by atoms with Crippen molar-refractivity contribution in [2.45, 2.75) is 59.9 Å². The van der Waals surface area contributed by atoms with Gasteiger partial charge in [-0.3, -0.25) is 9.56 Å². The van der Waals surface area contributed by atoms with Gasteiger partial charge in [-0.2, -0.15) is 0 Å². The molecule has 1 aliphatic heterocycles. The summed E-state index contributed by atoms with van der Waals surface area (Å²) >= 11 is 1.81. The molecule has 0 unspecified atom stereocenters. The first-order valence-corrected chi connectivity index (χ1v) is 10.4. The Morgan fingerprint density at radius 3 is 2.41 bits per heavy atom. The van der Waals surface area contributed by atoms with Gasteiger partial charge in [-0.05, 0) is 44.2 Å². The molecular formula is C22H26N4S. The van der Waals surface area contributed by atoms with Crippen LogP contribution in [0, 0.1) is 20.8 Å². The van der Waals surface area contributed by atoms with E-state index in [9.17, 15) is 0 Å². The first-order chi connectivity index (χ1) is 12.9. The van der Waals surface area contributed by atoms with Crippen LogP contribution in [0.3, 0.4) is 0 Å². The van der Waals surface area contributed by atoms with Crippen LogP contribution in [0.1, 0.15) is 77.9 Å². The minimum Gasteiger partial charge on any atom is -0.273 e. The lowest BCUT2D eigenvalue weighted by Crippen LogP contribution is -2.07. The van der Waals surface area contributed by atoms with Crippen molar-refractivity contribution in [2.75, 3.05) is 0 Å². The van der Waals surface area contributed by atoms with E-state index < -0.39 is 0 Å². The van der Waals surface area contributed by atoms with Crippen LogP contribution in [-0.4, -0.2) is 20.5 Å². The fourth-order valence-electron chi connectivity index (χ4n) is 3.69. The maximum absolute atomic E-state index is 5.21. The Balaban J connectivity index is 1.98. The van der Waals surface area contributed by atoms with Gasteiger partial charge in [0.25, 0.3) is 0 Å². The number of aromatic nitrogens is 3. The zero-order valence-electron chi connectivity index (χ0n) is 16.9. The highest BCUT2D eigenvalue weighted by Crippen LogP contribution is 2.39. The normalized spacial score (nSPS) is 16.1. The summed E-state index contributed by atoms with van der Waals surface area (Å²) in [5.74, 6) is 2.40. The lowest BCUT2D eigenvalue weighted by molar-refractivity contribution is 0.641. The van der Waals surface area contributed by atoms with Gasteiger partial charge in [0.05, 0.1) is 5.71 Å². The van der Waals surface area contributed by atoms with Crippen LogP contribution in [0.25, 0.3) is 5.00 Å². The molecule has 0 saturated heterocycles. The van der Waals surface area contributed by atoms with Gasteiger partial charge in [-0.25, -0.2) is 0 Å². The Bertz CT molecular complexity index is 1020. The first-order valence-electron chi connectivity index (χ1n) is 9.63. The molecule has 0 amide bonds. The van der Waals surface area contributed by atoms with Gasteiger partial charge < -0.3 is 0 Å². The number of hydrogen-bond acceptors (Lipinski definition) is 4. The predicted molar refractivity (Wildman–Crippen MR) is 113 cm³/mol. The molecule has 0 saturated carbocycles. The Kier molecular flexibility index (Phi) is 4.50. The van der Waals surface area contributed by atoms with Crippen LogP contribution in [0.2, 0.25) is 0 Å². The van der Waals surface area contributed by atoms with Crippen LogP contribution in [0.15, 0.2) is 29.3 Å². The molecule has 27 heavy (non-hydrogen) atoms. The largest absolute Gasteiger partial charge is 0.273 e. The van der Waals surface area contributed by atoms with E-state index in [0.717, 1.165) is 23.8 Å². The molecule has 0 N–H and O–H groups in total. The average molecular weight is 379 g/mol. The molecule has 5 heteroatoms. The summed E-state index contributed by atoms with van der Waals surface area (Å²) in [6, 6.07) is 8.92. The predicted octanol–water partition coefficient (Wildman–Crippen LogP) is 5.68. The highest BCUT2D eigenvalue weighted by molar-refractivity contribution is 7.15. The Morgan fingerprint density at radius 1 is 1.07 bits per heavy atom. The second-order valence-electron chi connectivity index (χ2n) is 7.58. The van der Waals surface area contributed by atoms with Crippen molar-refractivity contribution in [1.82, 2.24) is 14.8 Å². The van der Waals surface area contributed by atoms with Gasteiger partial charge in [-0.1, -0.05) is 45.0 Å². The van der Waals surface area contributed by atoms with Crippen LogP contribution in [0.4, 0.5) is 0 Å². The summed E-state index contributed by atoms with van der Waals surface area (Å²) in [4.78, 5) is 6.53. The lowest BCUT2D eigenvalue weighted by Gasteiger charge is -2.12. The number of rotatable bonds is 3. The Labute approximate surface area is 165 Å². The van der Waals surface area contributed by atoms with Gasteiger partial charge in [0.15, 0.2) is 5.82 Å². The number of fused-ring (bicyclic) bond motifs is 3. The Morgan fingerprint density at radius 2 is 1.78 bits per heavy atom. The molecular weight excluding hydrogens is 352 g/mol. The molecule has 3 heterocycles. The van der Waals surface area contributed by atoms with Crippen molar-refractivity contribution in [3.63, 3.8) is 0 Å². The van der Waals surface area contributed by atoms with Crippen molar-refractivity contribution in [2.24, 2.45) is 4.99 Å². The van der Waals surface area contributed by atoms with Crippen LogP contribution in [-0.2, 0) is 0 Å². The summed E-state index contributed by atoms with van der Waals surface area (Å²) in [6.45, 7) is 13.0. The molecule has 1 aliphatic rings. The average Bonchev–Trinajstić information content (AvgIpc) is 3.12. The third-order valence-electron chi connectivity index (χ3n) is 5.48. The maximum Gasteiger partial charge on any atom is 0.163 e. The minimum atomic E-state index is 0.0188. The number of aliphatic imine (C=N–C) groups is 1. The van der Waals surface area contributed by atoms with E-state index >= 15 is 0 Å². The Hall–Kier alpha value is -2.27. The molecule has 4 rings (SSSR count). The molecule has 0 bridgehead atoms. The fraction of sp³-hybridized carbons (Fsp3) is 0.409. The second kappa shape index (κ2) is 6.71. The quantitative estimate of drug-likeness (QED) is 0.588.